The van der Waals surface area contributed by atoms with E-state index < -0.39 is 5.97 Å². The van der Waals surface area contributed by atoms with Crippen molar-refractivity contribution in [1.29, 1.82) is 0 Å². The summed E-state index contributed by atoms with van der Waals surface area (Å²) in [5, 5.41) is 7.60. The first-order chi connectivity index (χ1) is 10.1. The van der Waals surface area contributed by atoms with Gasteiger partial charge in [-0.05, 0) is 17.7 Å². The van der Waals surface area contributed by atoms with Gasteiger partial charge in [-0.15, -0.1) is 0 Å². The molecule has 2 rings (SSSR count). The van der Waals surface area contributed by atoms with E-state index in [1.807, 2.05) is 48.5 Å². The first-order valence-electron chi connectivity index (χ1n) is 6.25. The SMILES string of the molecule is C=CC(=O)O.O=C(OCc1ccccc1)c1ccccc1. The summed E-state index contributed by atoms with van der Waals surface area (Å²) >= 11 is 0. The highest BCUT2D eigenvalue weighted by Gasteiger charge is 2.05. The van der Waals surface area contributed by atoms with Gasteiger partial charge in [-0.3, -0.25) is 0 Å². The maximum absolute atomic E-state index is 11.6. The van der Waals surface area contributed by atoms with E-state index in [9.17, 15) is 9.59 Å². The number of carbonyl (C=O) groups excluding carboxylic acids is 1. The highest BCUT2D eigenvalue weighted by molar-refractivity contribution is 5.89. The summed E-state index contributed by atoms with van der Waals surface area (Å²) in [4.78, 5) is 20.8. The molecule has 2 aromatic carbocycles. The van der Waals surface area contributed by atoms with Gasteiger partial charge in [0.15, 0.2) is 0 Å². The van der Waals surface area contributed by atoms with E-state index in [1.54, 1.807) is 12.1 Å². The molecular weight excluding hydrogens is 268 g/mol. The number of ether oxygens (including phenoxy) is 1. The van der Waals surface area contributed by atoms with Crippen LogP contribution < -0.4 is 0 Å². The standard InChI is InChI=1S/C14H12O2.C3H4O2/c15-14(13-9-5-2-6-10-13)16-11-12-7-3-1-4-8-12;1-2-3(4)5/h1-10H,11H2;2H,1H2,(H,4,5). The predicted octanol–water partition coefficient (Wildman–Crippen LogP) is 3.30. The summed E-state index contributed by atoms with van der Waals surface area (Å²) in [6.07, 6.45) is 0.833. The van der Waals surface area contributed by atoms with Crippen molar-refractivity contribution in [2.75, 3.05) is 0 Å². The van der Waals surface area contributed by atoms with Crippen LogP contribution in [0.4, 0.5) is 0 Å². The Balaban J connectivity index is 0.000000383. The number of esters is 1. The van der Waals surface area contributed by atoms with Crippen LogP contribution in [0.1, 0.15) is 15.9 Å². The predicted molar refractivity (Wildman–Crippen MR) is 79.8 cm³/mol. The molecule has 108 valence electrons. The molecular formula is C17H16O4. The first kappa shape index (κ1) is 16.2. The second kappa shape index (κ2) is 9.09. The molecule has 0 amide bonds. The molecule has 4 nitrogen and oxygen atoms in total. The van der Waals surface area contributed by atoms with Crippen molar-refractivity contribution in [2.45, 2.75) is 6.61 Å². The van der Waals surface area contributed by atoms with Gasteiger partial charge in [-0.1, -0.05) is 55.1 Å². The summed E-state index contributed by atoms with van der Waals surface area (Å²) in [5.41, 5.74) is 1.57. The minimum Gasteiger partial charge on any atom is -0.478 e. The van der Waals surface area contributed by atoms with Gasteiger partial charge in [0, 0.05) is 6.08 Å². The van der Waals surface area contributed by atoms with Gasteiger partial charge in [0.2, 0.25) is 0 Å². The molecule has 0 unspecified atom stereocenters. The zero-order valence-electron chi connectivity index (χ0n) is 11.4. The largest absolute Gasteiger partial charge is 0.478 e. The van der Waals surface area contributed by atoms with Gasteiger partial charge in [-0.2, -0.15) is 0 Å². The van der Waals surface area contributed by atoms with Crippen LogP contribution in [-0.4, -0.2) is 17.0 Å². The van der Waals surface area contributed by atoms with Gasteiger partial charge < -0.3 is 9.84 Å². The Kier molecular flexibility index (Phi) is 7.00. The zero-order valence-corrected chi connectivity index (χ0v) is 11.4. The Labute approximate surface area is 123 Å². The Morgan fingerprint density at radius 3 is 1.95 bits per heavy atom. The van der Waals surface area contributed by atoms with Gasteiger partial charge in [0.05, 0.1) is 5.56 Å². The number of benzene rings is 2. The van der Waals surface area contributed by atoms with Crippen molar-refractivity contribution < 1.29 is 19.4 Å². The molecule has 0 radical (unpaired) electrons. The minimum atomic E-state index is -0.981. The lowest BCUT2D eigenvalue weighted by Crippen LogP contribution is -2.04. The summed E-state index contributed by atoms with van der Waals surface area (Å²) in [6, 6.07) is 18.6. The molecule has 0 spiro atoms. The summed E-state index contributed by atoms with van der Waals surface area (Å²) < 4.78 is 5.18. The smallest absolute Gasteiger partial charge is 0.338 e. The molecule has 0 bridgehead atoms. The molecule has 2 aromatic rings. The molecule has 0 aliphatic rings. The number of carboxylic acids is 1. The average Bonchev–Trinajstić information content (AvgIpc) is 2.55. The monoisotopic (exact) mass is 284 g/mol. The molecule has 0 aliphatic carbocycles. The molecule has 0 heterocycles. The quantitative estimate of drug-likeness (QED) is 0.691. The maximum Gasteiger partial charge on any atom is 0.338 e. The third kappa shape index (κ3) is 6.73. The minimum absolute atomic E-state index is 0.288. The Morgan fingerprint density at radius 2 is 1.48 bits per heavy atom. The van der Waals surface area contributed by atoms with E-state index >= 15 is 0 Å². The third-order valence-corrected chi connectivity index (χ3v) is 2.40. The molecule has 4 heteroatoms. The molecule has 0 saturated heterocycles. The molecule has 21 heavy (non-hydrogen) atoms. The Hall–Kier alpha value is -2.88. The normalized spacial score (nSPS) is 8.95. The number of aliphatic carboxylic acids is 1. The van der Waals surface area contributed by atoms with E-state index in [1.165, 1.54) is 0 Å². The number of carboxylic acid groups (broad SMARTS) is 1. The second-order valence-electron chi connectivity index (χ2n) is 3.97. The summed E-state index contributed by atoms with van der Waals surface area (Å²) in [6.45, 7) is 3.27. The number of hydrogen-bond donors (Lipinski definition) is 1. The number of rotatable bonds is 4. The first-order valence-corrected chi connectivity index (χ1v) is 6.25. The highest BCUT2D eigenvalue weighted by atomic mass is 16.5. The molecule has 0 atom stereocenters. The topological polar surface area (TPSA) is 63.6 Å². The second-order valence-corrected chi connectivity index (χ2v) is 3.97. The van der Waals surface area contributed by atoms with Crippen LogP contribution in [-0.2, 0) is 16.1 Å². The lowest BCUT2D eigenvalue weighted by molar-refractivity contribution is -0.131. The number of carbonyl (C=O) groups is 2. The fourth-order valence-electron chi connectivity index (χ4n) is 1.38. The van der Waals surface area contributed by atoms with E-state index in [0.717, 1.165) is 11.6 Å². The van der Waals surface area contributed by atoms with Gasteiger partial charge in [-0.25, -0.2) is 9.59 Å². The summed E-state index contributed by atoms with van der Waals surface area (Å²) in [7, 11) is 0. The van der Waals surface area contributed by atoms with E-state index in [4.69, 9.17) is 9.84 Å². The maximum atomic E-state index is 11.6. The lowest BCUT2D eigenvalue weighted by atomic mass is 10.2. The fraction of sp³-hybridized carbons (Fsp3) is 0.0588. The molecule has 0 aliphatic heterocycles. The van der Waals surface area contributed by atoms with Gasteiger partial charge in [0.25, 0.3) is 0 Å². The van der Waals surface area contributed by atoms with Crippen LogP contribution in [0.3, 0.4) is 0 Å². The van der Waals surface area contributed by atoms with Crippen molar-refractivity contribution in [2.24, 2.45) is 0 Å². The van der Waals surface area contributed by atoms with Crippen molar-refractivity contribution in [3.05, 3.63) is 84.4 Å². The van der Waals surface area contributed by atoms with Crippen LogP contribution in [0.2, 0.25) is 0 Å². The van der Waals surface area contributed by atoms with Crippen LogP contribution in [0.5, 0.6) is 0 Å². The fourth-order valence-corrected chi connectivity index (χ4v) is 1.38. The van der Waals surface area contributed by atoms with E-state index in [0.29, 0.717) is 12.2 Å². The van der Waals surface area contributed by atoms with Gasteiger partial charge in [0.1, 0.15) is 6.61 Å². The van der Waals surface area contributed by atoms with Gasteiger partial charge >= 0.3 is 11.9 Å². The third-order valence-electron chi connectivity index (χ3n) is 2.40. The van der Waals surface area contributed by atoms with Crippen molar-refractivity contribution in [3.8, 4) is 0 Å². The molecule has 0 saturated carbocycles. The van der Waals surface area contributed by atoms with Crippen LogP contribution >= 0.6 is 0 Å². The van der Waals surface area contributed by atoms with Crippen molar-refractivity contribution in [1.82, 2.24) is 0 Å². The zero-order chi connectivity index (χ0) is 15.5. The lowest BCUT2D eigenvalue weighted by Gasteiger charge is -2.04. The van der Waals surface area contributed by atoms with Crippen LogP contribution in [0, 0.1) is 0 Å². The Bertz CT molecular complexity index is 576. The molecule has 0 aromatic heterocycles. The highest BCUT2D eigenvalue weighted by Crippen LogP contribution is 2.05. The molecule has 1 N–H and O–H groups in total. The van der Waals surface area contributed by atoms with Crippen LogP contribution in [0.15, 0.2) is 73.3 Å². The van der Waals surface area contributed by atoms with Crippen molar-refractivity contribution in [3.63, 3.8) is 0 Å². The number of hydrogen-bond acceptors (Lipinski definition) is 3. The summed E-state index contributed by atoms with van der Waals surface area (Å²) in [5.74, 6) is -1.27. The Morgan fingerprint density at radius 1 is 1.00 bits per heavy atom. The van der Waals surface area contributed by atoms with E-state index in [-0.39, 0.29) is 5.97 Å². The van der Waals surface area contributed by atoms with Crippen LogP contribution in [0.25, 0.3) is 0 Å². The molecule has 0 fully saturated rings. The van der Waals surface area contributed by atoms with E-state index in [2.05, 4.69) is 6.58 Å². The van der Waals surface area contributed by atoms with Crippen molar-refractivity contribution >= 4 is 11.9 Å². The average molecular weight is 284 g/mol.